The summed E-state index contributed by atoms with van der Waals surface area (Å²) in [5.74, 6) is -5.61. The Morgan fingerprint density at radius 2 is 1.48 bits per heavy atom. The number of esters is 2. The van der Waals surface area contributed by atoms with Crippen LogP contribution in [0.3, 0.4) is 0 Å². The number of alkyl halides is 2. The summed E-state index contributed by atoms with van der Waals surface area (Å²) < 4.78 is 43.0. The standard InChI is InChI=1S/C19H16F2O6/c20-19(21)15(27-17(23)13-9-5-2-6-10-13)14(26-18(19)24)11-25-16(22)12-7-3-1-4-8-12/h1-10,14-15,18,24H,11H2/t14-,15?,18-/m1/s1. The molecule has 0 bridgehead atoms. The Hall–Kier alpha value is -2.84. The van der Waals surface area contributed by atoms with Crippen molar-refractivity contribution in [3.05, 3.63) is 71.8 Å². The number of hydrogen-bond acceptors (Lipinski definition) is 6. The molecule has 0 aromatic heterocycles. The van der Waals surface area contributed by atoms with Gasteiger partial charge in [-0.05, 0) is 24.3 Å². The smallest absolute Gasteiger partial charge is 0.338 e. The molecule has 1 unspecified atom stereocenters. The molecule has 6 nitrogen and oxygen atoms in total. The molecular formula is C19H16F2O6. The van der Waals surface area contributed by atoms with Gasteiger partial charge in [-0.15, -0.1) is 0 Å². The van der Waals surface area contributed by atoms with Gasteiger partial charge < -0.3 is 19.3 Å². The lowest BCUT2D eigenvalue weighted by Gasteiger charge is -2.22. The third kappa shape index (κ3) is 4.12. The summed E-state index contributed by atoms with van der Waals surface area (Å²) in [6.07, 6.45) is -6.11. The highest BCUT2D eigenvalue weighted by molar-refractivity contribution is 5.90. The SMILES string of the molecule is O=C(OC[C@H]1O[C@@H](O)C(F)(F)C1OC(=O)c1ccccc1)c1ccccc1. The van der Waals surface area contributed by atoms with Gasteiger partial charge in [-0.25, -0.2) is 9.59 Å². The Kier molecular flexibility index (Phi) is 5.48. The predicted molar refractivity (Wildman–Crippen MR) is 88.2 cm³/mol. The van der Waals surface area contributed by atoms with E-state index >= 15 is 0 Å². The van der Waals surface area contributed by atoms with Crippen LogP contribution in [0.25, 0.3) is 0 Å². The lowest BCUT2D eigenvalue weighted by Crippen LogP contribution is -2.44. The van der Waals surface area contributed by atoms with Crippen LogP contribution in [0.15, 0.2) is 60.7 Å². The molecule has 3 rings (SSSR count). The normalized spacial score (nSPS) is 23.6. The van der Waals surface area contributed by atoms with Crippen molar-refractivity contribution in [1.29, 1.82) is 0 Å². The van der Waals surface area contributed by atoms with Gasteiger partial charge in [-0.3, -0.25) is 0 Å². The van der Waals surface area contributed by atoms with Crippen LogP contribution in [-0.2, 0) is 14.2 Å². The van der Waals surface area contributed by atoms with E-state index < -0.39 is 43.0 Å². The first-order valence-corrected chi connectivity index (χ1v) is 8.09. The van der Waals surface area contributed by atoms with Crippen LogP contribution in [0.5, 0.6) is 0 Å². The third-order valence-corrected chi connectivity index (χ3v) is 3.98. The summed E-state index contributed by atoms with van der Waals surface area (Å²) in [7, 11) is 0. The van der Waals surface area contributed by atoms with Crippen LogP contribution in [0.4, 0.5) is 8.78 Å². The van der Waals surface area contributed by atoms with E-state index in [1.165, 1.54) is 24.3 Å². The van der Waals surface area contributed by atoms with E-state index in [4.69, 9.17) is 14.2 Å². The molecule has 0 aliphatic carbocycles. The summed E-state index contributed by atoms with van der Waals surface area (Å²) in [6, 6.07) is 15.5. The molecule has 8 heteroatoms. The molecule has 27 heavy (non-hydrogen) atoms. The molecule has 1 saturated heterocycles. The van der Waals surface area contributed by atoms with Crippen molar-refractivity contribution in [3.8, 4) is 0 Å². The molecule has 1 aliphatic heterocycles. The predicted octanol–water partition coefficient (Wildman–Crippen LogP) is 2.42. The monoisotopic (exact) mass is 378 g/mol. The van der Waals surface area contributed by atoms with E-state index in [1.807, 2.05) is 0 Å². The van der Waals surface area contributed by atoms with Gasteiger partial charge in [0.15, 0.2) is 6.10 Å². The molecule has 1 N–H and O–H groups in total. The van der Waals surface area contributed by atoms with Crippen molar-refractivity contribution < 1.29 is 37.7 Å². The van der Waals surface area contributed by atoms with Crippen molar-refractivity contribution in [2.24, 2.45) is 0 Å². The maximum absolute atomic E-state index is 14.2. The second kappa shape index (κ2) is 7.81. The minimum atomic E-state index is -3.85. The first kappa shape index (κ1) is 18.9. The van der Waals surface area contributed by atoms with Gasteiger partial charge >= 0.3 is 17.9 Å². The lowest BCUT2D eigenvalue weighted by atomic mass is 10.1. The van der Waals surface area contributed by atoms with Gasteiger partial charge in [0.1, 0.15) is 12.7 Å². The van der Waals surface area contributed by atoms with Gasteiger partial charge in [-0.2, -0.15) is 8.78 Å². The second-order valence-corrected chi connectivity index (χ2v) is 5.86. The minimum Gasteiger partial charge on any atom is -0.459 e. The topological polar surface area (TPSA) is 82.1 Å². The molecule has 1 fully saturated rings. The summed E-state index contributed by atoms with van der Waals surface area (Å²) in [4.78, 5) is 24.1. The molecule has 2 aromatic rings. The van der Waals surface area contributed by atoms with Gasteiger partial charge in [0.25, 0.3) is 0 Å². The van der Waals surface area contributed by atoms with Crippen molar-refractivity contribution in [3.63, 3.8) is 0 Å². The van der Waals surface area contributed by atoms with Crippen molar-refractivity contribution in [2.75, 3.05) is 6.61 Å². The number of carbonyl (C=O) groups excluding carboxylic acids is 2. The molecule has 0 spiro atoms. The van der Waals surface area contributed by atoms with Gasteiger partial charge in [-0.1, -0.05) is 36.4 Å². The molecule has 3 atom stereocenters. The maximum Gasteiger partial charge on any atom is 0.338 e. The molecular weight excluding hydrogens is 362 g/mol. The van der Waals surface area contributed by atoms with E-state index in [1.54, 1.807) is 36.4 Å². The summed E-state index contributed by atoms with van der Waals surface area (Å²) in [5.41, 5.74) is 0.287. The van der Waals surface area contributed by atoms with E-state index in [9.17, 15) is 23.5 Å². The van der Waals surface area contributed by atoms with Gasteiger partial charge in [0, 0.05) is 0 Å². The zero-order valence-electron chi connectivity index (χ0n) is 14.0. The Labute approximate surface area is 153 Å². The largest absolute Gasteiger partial charge is 0.459 e. The Morgan fingerprint density at radius 1 is 0.963 bits per heavy atom. The highest BCUT2D eigenvalue weighted by Gasteiger charge is 2.61. The van der Waals surface area contributed by atoms with Crippen LogP contribution in [0, 0.1) is 0 Å². The zero-order chi connectivity index (χ0) is 19.4. The Morgan fingerprint density at radius 3 is 2.04 bits per heavy atom. The fourth-order valence-corrected chi connectivity index (χ4v) is 2.57. The Balaban J connectivity index is 1.69. The number of aliphatic hydroxyl groups is 1. The molecule has 1 heterocycles. The summed E-state index contributed by atoms with van der Waals surface area (Å²) in [6.45, 7) is -0.618. The minimum absolute atomic E-state index is 0.0646. The number of benzene rings is 2. The van der Waals surface area contributed by atoms with E-state index in [0.717, 1.165) is 0 Å². The third-order valence-electron chi connectivity index (χ3n) is 3.98. The van der Waals surface area contributed by atoms with Crippen LogP contribution in [0.1, 0.15) is 20.7 Å². The number of halogens is 2. The van der Waals surface area contributed by atoms with Gasteiger partial charge in [0.2, 0.25) is 6.29 Å². The quantitative estimate of drug-likeness (QED) is 0.805. The lowest BCUT2D eigenvalue weighted by molar-refractivity contribution is -0.199. The molecule has 0 radical (unpaired) electrons. The van der Waals surface area contributed by atoms with Crippen LogP contribution in [0.2, 0.25) is 0 Å². The fraction of sp³-hybridized carbons (Fsp3) is 0.263. The Bertz CT molecular complexity index is 796. The number of ether oxygens (including phenoxy) is 3. The maximum atomic E-state index is 14.2. The molecule has 0 amide bonds. The highest BCUT2D eigenvalue weighted by atomic mass is 19.3. The molecule has 142 valence electrons. The van der Waals surface area contributed by atoms with Crippen LogP contribution < -0.4 is 0 Å². The molecule has 0 saturated carbocycles. The van der Waals surface area contributed by atoms with E-state index in [2.05, 4.69) is 0 Å². The summed E-state index contributed by atoms with van der Waals surface area (Å²) in [5, 5.41) is 9.46. The van der Waals surface area contributed by atoms with Gasteiger partial charge in [0.05, 0.1) is 11.1 Å². The first-order chi connectivity index (χ1) is 12.9. The first-order valence-electron chi connectivity index (χ1n) is 8.09. The molecule has 1 aliphatic rings. The highest BCUT2D eigenvalue weighted by Crippen LogP contribution is 2.37. The van der Waals surface area contributed by atoms with Crippen LogP contribution >= 0.6 is 0 Å². The molecule has 2 aromatic carbocycles. The van der Waals surface area contributed by atoms with E-state index in [0.29, 0.717) is 0 Å². The second-order valence-electron chi connectivity index (χ2n) is 5.86. The van der Waals surface area contributed by atoms with Crippen molar-refractivity contribution in [1.82, 2.24) is 0 Å². The number of carbonyl (C=O) groups is 2. The number of hydrogen-bond donors (Lipinski definition) is 1. The van der Waals surface area contributed by atoms with Crippen molar-refractivity contribution >= 4 is 11.9 Å². The average molecular weight is 378 g/mol. The number of aliphatic hydroxyl groups excluding tert-OH is 1. The zero-order valence-corrected chi connectivity index (χ0v) is 14.0. The van der Waals surface area contributed by atoms with Crippen LogP contribution in [-0.4, -0.2) is 48.1 Å². The van der Waals surface area contributed by atoms with Crippen molar-refractivity contribution in [2.45, 2.75) is 24.4 Å². The number of rotatable bonds is 5. The summed E-state index contributed by atoms with van der Waals surface area (Å²) >= 11 is 0. The average Bonchev–Trinajstić information content (AvgIpc) is 2.90. The fourth-order valence-electron chi connectivity index (χ4n) is 2.57. The van der Waals surface area contributed by atoms with E-state index in [-0.39, 0.29) is 11.1 Å².